The average Bonchev–Trinajstić information content (AvgIpc) is 3.13. The normalized spacial score (nSPS) is 17.7. The van der Waals surface area contributed by atoms with E-state index in [-0.39, 0.29) is 23.6 Å². The zero-order valence-electron chi connectivity index (χ0n) is 9.91. The van der Waals surface area contributed by atoms with Gasteiger partial charge in [0.25, 0.3) is 0 Å². The molecule has 1 aliphatic rings. The Morgan fingerprint density at radius 2 is 1.89 bits per heavy atom. The van der Waals surface area contributed by atoms with Crippen LogP contribution in [0.4, 0.5) is 13.2 Å². The second-order valence-corrected chi connectivity index (χ2v) is 5.63. The molecule has 1 aromatic rings. The second kappa shape index (κ2) is 5.97. The van der Waals surface area contributed by atoms with Crippen molar-refractivity contribution in [3.63, 3.8) is 0 Å². The first-order valence-corrected chi connectivity index (χ1v) is 7.04. The molecule has 100 valence electrons. The van der Waals surface area contributed by atoms with Crippen LogP contribution in [0.1, 0.15) is 24.4 Å². The standard InChI is InChI=1S/C13H16F3NS/c14-13(15,16)18-9-8-17-12(11-6-7-11)10-4-2-1-3-5-10/h1-5,11-12,17H,6-9H2. The lowest BCUT2D eigenvalue weighted by Crippen LogP contribution is -2.26. The molecule has 0 aromatic heterocycles. The first-order valence-electron chi connectivity index (χ1n) is 6.05. The van der Waals surface area contributed by atoms with Crippen molar-refractivity contribution in [2.75, 3.05) is 12.3 Å². The fraction of sp³-hybridized carbons (Fsp3) is 0.538. The van der Waals surface area contributed by atoms with Gasteiger partial charge in [0.15, 0.2) is 0 Å². The third-order valence-electron chi connectivity index (χ3n) is 2.98. The van der Waals surface area contributed by atoms with E-state index >= 15 is 0 Å². The van der Waals surface area contributed by atoms with E-state index in [4.69, 9.17) is 0 Å². The van der Waals surface area contributed by atoms with Crippen molar-refractivity contribution >= 4 is 11.8 Å². The number of alkyl halides is 3. The van der Waals surface area contributed by atoms with Crippen LogP contribution < -0.4 is 5.32 Å². The van der Waals surface area contributed by atoms with Crippen LogP contribution in [0.3, 0.4) is 0 Å². The molecule has 5 heteroatoms. The van der Waals surface area contributed by atoms with Crippen molar-refractivity contribution in [1.82, 2.24) is 5.32 Å². The Hall–Kier alpha value is -0.680. The molecule has 0 bridgehead atoms. The number of thioether (sulfide) groups is 1. The third-order valence-corrected chi connectivity index (χ3v) is 3.72. The highest BCUT2D eigenvalue weighted by Crippen LogP contribution is 2.41. The molecular formula is C13H16F3NS. The largest absolute Gasteiger partial charge is 0.441 e. The summed E-state index contributed by atoms with van der Waals surface area (Å²) in [5.74, 6) is 0.655. The van der Waals surface area contributed by atoms with E-state index < -0.39 is 5.51 Å². The van der Waals surface area contributed by atoms with Crippen LogP contribution in [0.5, 0.6) is 0 Å². The second-order valence-electron chi connectivity index (χ2n) is 4.47. The van der Waals surface area contributed by atoms with Crippen molar-refractivity contribution in [2.45, 2.75) is 24.4 Å². The molecule has 1 aromatic carbocycles. The fourth-order valence-corrected chi connectivity index (χ4v) is 2.48. The Kier molecular flexibility index (Phi) is 4.56. The van der Waals surface area contributed by atoms with Crippen molar-refractivity contribution in [1.29, 1.82) is 0 Å². The monoisotopic (exact) mass is 275 g/mol. The van der Waals surface area contributed by atoms with E-state index in [9.17, 15) is 13.2 Å². The van der Waals surface area contributed by atoms with Crippen molar-refractivity contribution in [3.05, 3.63) is 35.9 Å². The number of halogens is 3. The molecule has 1 nitrogen and oxygen atoms in total. The van der Waals surface area contributed by atoms with Gasteiger partial charge in [-0.15, -0.1) is 0 Å². The van der Waals surface area contributed by atoms with E-state index in [0.717, 1.165) is 0 Å². The Balaban J connectivity index is 1.81. The molecule has 0 amide bonds. The van der Waals surface area contributed by atoms with Crippen molar-refractivity contribution < 1.29 is 13.2 Å². The van der Waals surface area contributed by atoms with Gasteiger partial charge in [0.2, 0.25) is 0 Å². The number of hydrogen-bond acceptors (Lipinski definition) is 2. The fourth-order valence-electron chi connectivity index (χ4n) is 2.03. The van der Waals surface area contributed by atoms with Crippen LogP contribution in [-0.4, -0.2) is 17.8 Å². The van der Waals surface area contributed by atoms with Gasteiger partial charge < -0.3 is 5.32 Å². The molecule has 1 unspecified atom stereocenters. The van der Waals surface area contributed by atoms with Gasteiger partial charge in [-0.25, -0.2) is 0 Å². The summed E-state index contributed by atoms with van der Waals surface area (Å²) in [5, 5.41) is 3.25. The summed E-state index contributed by atoms with van der Waals surface area (Å²) in [6.07, 6.45) is 2.33. The van der Waals surface area contributed by atoms with Gasteiger partial charge in [0, 0.05) is 18.3 Å². The molecule has 2 rings (SSSR count). The number of rotatable bonds is 6. The van der Waals surface area contributed by atoms with E-state index in [1.54, 1.807) is 0 Å². The minimum Gasteiger partial charge on any atom is -0.309 e. The molecule has 1 N–H and O–H groups in total. The van der Waals surface area contributed by atoms with Crippen LogP contribution >= 0.6 is 11.8 Å². The van der Waals surface area contributed by atoms with Gasteiger partial charge in [-0.05, 0) is 36.1 Å². The van der Waals surface area contributed by atoms with Crippen LogP contribution in [-0.2, 0) is 0 Å². The van der Waals surface area contributed by atoms with Crippen molar-refractivity contribution in [3.8, 4) is 0 Å². The first kappa shape index (κ1) is 13.7. The Morgan fingerprint density at radius 3 is 2.44 bits per heavy atom. The molecule has 18 heavy (non-hydrogen) atoms. The smallest absolute Gasteiger partial charge is 0.309 e. The molecule has 0 saturated heterocycles. The molecule has 1 atom stereocenters. The summed E-state index contributed by atoms with van der Waals surface area (Å²) in [6.45, 7) is 0.389. The van der Waals surface area contributed by atoms with E-state index in [1.165, 1.54) is 18.4 Å². The topological polar surface area (TPSA) is 12.0 Å². The van der Waals surface area contributed by atoms with Gasteiger partial charge in [-0.2, -0.15) is 13.2 Å². The van der Waals surface area contributed by atoms with Crippen LogP contribution in [0.15, 0.2) is 30.3 Å². The van der Waals surface area contributed by atoms with E-state index in [1.807, 2.05) is 30.3 Å². The minimum absolute atomic E-state index is 0.0404. The van der Waals surface area contributed by atoms with E-state index in [2.05, 4.69) is 5.32 Å². The summed E-state index contributed by atoms with van der Waals surface area (Å²) < 4.78 is 36.0. The highest BCUT2D eigenvalue weighted by atomic mass is 32.2. The molecule has 1 fully saturated rings. The van der Waals surface area contributed by atoms with Crippen LogP contribution in [0, 0.1) is 5.92 Å². The summed E-state index contributed by atoms with van der Waals surface area (Å²) in [7, 11) is 0. The summed E-state index contributed by atoms with van der Waals surface area (Å²) >= 11 is 0.0404. The van der Waals surface area contributed by atoms with Gasteiger partial charge >= 0.3 is 5.51 Å². The quantitative estimate of drug-likeness (QED) is 0.788. The zero-order chi connectivity index (χ0) is 13.0. The SMILES string of the molecule is FC(F)(F)SCCNC(c1ccccc1)C1CC1. The van der Waals surface area contributed by atoms with Crippen LogP contribution in [0.2, 0.25) is 0 Å². The summed E-state index contributed by atoms with van der Waals surface area (Å²) in [4.78, 5) is 0. The van der Waals surface area contributed by atoms with Gasteiger partial charge in [-0.3, -0.25) is 0 Å². The molecular weight excluding hydrogens is 259 g/mol. The Morgan fingerprint density at radius 1 is 1.22 bits per heavy atom. The maximum atomic E-state index is 12.0. The summed E-state index contributed by atoms with van der Waals surface area (Å²) in [6, 6.07) is 10.2. The maximum absolute atomic E-state index is 12.0. The average molecular weight is 275 g/mol. The molecule has 0 radical (unpaired) electrons. The zero-order valence-corrected chi connectivity index (χ0v) is 10.7. The predicted octanol–water partition coefficient (Wildman–Crippen LogP) is 3.98. The molecule has 0 spiro atoms. The lowest BCUT2D eigenvalue weighted by atomic mass is 10.0. The van der Waals surface area contributed by atoms with Gasteiger partial charge in [0.05, 0.1) is 0 Å². The van der Waals surface area contributed by atoms with Gasteiger partial charge in [-0.1, -0.05) is 30.3 Å². The molecule has 0 heterocycles. The molecule has 0 aliphatic heterocycles. The van der Waals surface area contributed by atoms with E-state index in [0.29, 0.717) is 12.5 Å². The lowest BCUT2D eigenvalue weighted by molar-refractivity contribution is -0.0327. The van der Waals surface area contributed by atoms with Gasteiger partial charge in [0.1, 0.15) is 0 Å². The Labute approximate surface area is 109 Å². The maximum Gasteiger partial charge on any atom is 0.441 e. The highest BCUT2D eigenvalue weighted by molar-refractivity contribution is 8.00. The molecule has 1 saturated carbocycles. The molecule has 1 aliphatic carbocycles. The van der Waals surface area contributed by atoms with Crippen molar-refractivity contribution in [2.24, 2.45) is 5.92 Å². The number of hydrogen-bond donors (Lipinski definition) is 1. The number of benzene rings is 1. The minimum atomic E-state index is -4.12. The summed E-state index contributed by atoms with van der Waals surface area (Å²) in [5.41, 5.74) is -2.94. The third kappa shape index (κ3) is 4.53. The lowest BCUT2D eigenvalue weighted by Gasteiger charge is -2.18. The Bertz CT molecular complexity index is 362. The highest BCUT2D eigenvalue weighted by Gasteiger charge is 2.32. The van der Waals surface area contributed by atoms with Crippen LogP contribution in [0.25, 0.3) is 0 Å². The predicted molar refractivity (Wildman–Crippen MR) is 68.4 cm³/mol. The number of nitrogens with one attached hydrogen (secondary N) is 1. The first-order chi connectivity index (χ1) is 8.56.